The first-order valence-electron chi connectivity index (χ1n) is 7.49. The van der Waals surface area contributed by atoms with Crippen LogP contribution in [0.1, 0.15) is 35.1 Å². The third-order valence-corrected chi connectivity index (χ3v) is 3.59. The van der Waals surface area contributed by atoms with Crippen molar-refractivity contribution in [3.05, 3.63) is 59.3 Å². The molecule has 0 unspecified atom stereocenters. The highest BCUT2D eigenvalue weighted by Crippen LogP contribution is 2.32. The molecule has 3 rings (SSSR count). The number of H-pyrrole nitrogens is 1. The Morgan fingerprint density at radius 3 is 2.75 bits per heavy atom. The van der Waals surface area contributed by atoms with Crippen LogP contribution in [0.15, 0.2) is 36.5 Å². The predicted molar refractivity (Wildman–Crippen MR) is 86.6 cm³/mol. The average Bonchev–Trinajstić information content (AvgIpc) is 2.91. The lowest BCUT2D eigenvalue weighted by atomic mass is 10.1. The van der Waals surface area contributed by atoms with Gasteiger partial charge in [0.1, 0.15) is 17.2 Å². The molecule has 1 N–H and O–H groups in total. The number of halogens is 1. The van der Waals surface area contributed by atoms with Gasteiger partial charge in [0.05, 0.1) is 5.52 Å². The van der Waals surface area contributed by atoms with E-state index in [2.05, 4.69) is 9.97 Å². The van der Waals surface area contributed by atoms with Crippen molar-refractivity contribution in [3.63, 3.8) is 0 Å². The van der Waals surface area contributed by atoms with Crippen molar-refractivity contribution < 1.29 is 18.7 Å². The Labute approximate surface area is 137 Å². The van der Waals surface area contributed by atoms with E-state index in [1.165, 1.54) is 24.4 Å². The minimum Gasteiger partial charge on any atom is -0.423 e. The summed E-state index contributed by atoms with van der Waals surface area (Å²) in [4.78, 5) is 31.4. The van der Waals surface area contributed by atoms with Gasteiger partial charge in [-0.25, -0.2) is 4.39 Å². The molecule has 0 atom stereocenters. The van der Waals surface area contributed by atoms with Crippen LogP contribution in [0.3, 0.4) is 0 Å². The molecule has 6 heteroatoms. The second kappa shape index (κ2) is 6.23. The highest BCUT2D eigenvalue weighted by Gasteiger charge is 2.23. The Hall–Kier alpha value is -3.02. The zero-order valence-corrected chi connectivity index (χ0v) is 13.2. The van der Waals surface area contributed by atoms with Crippen LogP contribution in [0.2, 0.25) is 0 Å². The predicted octanol–water partition coefficient (Wildman–Crippen LogP) is 3.56. The van der Waals surface area contributed by atoms with Crippen molar-refractivity contribution in [2.75, 3.05) is 0 Å². The number of hydrogen-bond acceptors (Lipinski definition) is 4. The zero-order valence-electron chi connectivity index (χ0n) is 13.2. The summed E-state index contributed by atoms with van der Waals surface area (Å²) in [6.45, 7) is 3.50. The fourth-order valence-corrected chi connectivity index (χ4v) is 2.38. The lowest BCUT2D eigenvalue weighted by molar-refractivity contribution is -0.133. The number of ketones is 1. The molecule has 0 fully saturated rings. The normalized spacial score (nSPS) is 10.8. The number of nitrogens with zero attached hydrogens (tertiary/aromatic N) is 1. The quantitative estimate of drug-likeness (QED) is 0.588. The fraction of sp³-hybridized carbons (Fsp3) is 0.167. The molecule has 0 saturated carbocycles. The summed E-state index contributed by atoms with van der Waals surface area (Å²) in [6.07, 6.45) is 1.69. The van der Waals surface area contributed by atoms with E-state index in [0.29, 0.717) is 10.9 Å². The molecule has 2 aromatic heterocycles. The van der Waals surface area contributed by atoms with Crippen LogP contribution in [-0.2, 0) is 4.79 Å². The molecule has 0 saturated heterocycles. The summed E-state index contributed by atoms with van der Waals surface area (Å²) in [6, 6.07) is 7.38. The smallest absolute Gasteiger partial charge is 0.310 e. The topological polar surface area (TPSA) is 72.1 Å². The Kier molecular flexibility index (Phi) is 4.12. The molecule has 0 radical (unpaired) electrons. The molecular weight excluding hydrogens is 311 g/mol. The van der Waals surface area contributed by atoms with Gasteiger partial charge in [-0.15, -0.1) is 0 Å². The Balaban J connectivity index is 2.16. The van der Waals surface area contributed by atoms with E-state index in [4.69, 9.17) is 4.74 Å². The summed E-state index contributed by atoms with van der Waals surface area (Å²) in [5.74, 6) is -1.25. The summed E-state index contributed by atoms with van der Waals surface area (Å²) in [7, 11) is 0. The van der Waals surface area contributed by atoms with Gasteiger partial charge in [0.15, 0.2) is 5.75 Å². The van der Waals surface area contributed by atoms with Gasteiger partial charge in [-0.3, -0.25) is 14.6 Å². The van der Waals surface area contributed by atoms with Crippen molar-refractivity contribution in [2.45, 2.75) is 20.3 Å². The van der Waals surface area contributed by atoms with Crippen molar-refractivity contribution in [3.8, 4) is 5.75 Å². The van der Waals surface area contributed by atoms with Crippen molar-refractivity contribution in [2.24, 2.45) is 0 Å². The first-order valence-corrected chi connectivity index (χ1v) is 7.49. The number of carbonyl (C=O) groups excluding carboxylic acids is 2. The largest absolute Gasteiger partial charge is 0.423 e. The number of aromatic amines is 1. The van der Waals surface area contributed by atoms with Crippen LogP contribution in [0.4, 0.5) is 4.39 Å². The number of hydrogen-bond donors (Lipinski definition) is 1. The maximum absolute atomic E-state index is 13.5. The highest BCUT2D eigenvalue weighted by molar-refractivity contribution is 6.12. The molecular formula is C18H15FN2O3. The third-order valence-electron chi connectivity index (χ3n) is 3.59. The molecule has 0 aliphatic carbocycles. The van der Waals surface area contributed by atoms with Gasteiger partial charge in [0.25, 0.3) is 0 Å². The van der Waals surface area contributed by atoms with Gasteiger partial charge < -0.3 is 9.72 Å². The number of aromatic nitrogens is 2. The van der Waals surface area contributed by atoms with E-state index < -0.39 is 17.6 Å². The lowest BCUT2D eigenvalue weighted by Crippen LogP contribution is -2.11. The molecule has 1 aromatic carbocycles. The maximum atomic E-state index is 13.5. The van der Waals surface area contributed by atoms with Gasteiger partial charge in [-0.05, 0) is 42.8 Å². The number of pyridine rings is 1. The number of aryl methyl sites for hydroxylation is 1. The molecule has 5 nitrogen and oxygen atoms in total. The van der Waals surface area contributed by atoms with Crippen molar-refractivity contribution in [1.82, 2.24) is 9.97 Å². The molecule has 0 spiro atoms. The van der Waals surface area contributed by atoms with Crippen LogP contribution < -0.4 is 4.74 Å². The molecule has 122 valence electrons. The van der Waals surface area contributed by atoms with Crippen LogP contribution >= 0.6 is 0 Å². The maximum Gasteiger partial charge on any atom is 0.310 e. The summed E-state index contributed by atoms with van der Waals surface area (Å²) in [5.41, 5.74) is 1.55. The Bertz CT molecular complexity index is 947. The Morgan fingerprint density at radius 1 is 1.25 bits per heavy atom. The van der Waals surface area contributed by atoms with E-state index in [1.807, 2.05) is 6.92 Å². The first-order chi connectivity index (χ1) is 11.5. The summed E-state index contributed by atoms with van der Waals surface area (Å²) < 4.78 is 18.8. The van der Waals surface area contributed by atoms with E-state index in [0.717, 1.165) is 5.56 Å². The lowest BCUT2D eigenvalue weighted by Gasteiger charge is -2.05. The van der Waals surface area contributed by atoms with Crippen LogP contribution in [0.25, 0.3) is 10.9 Å². The summed E-state index contributed by atoms with van der Waals surface area (Å²) >= 11 is 0. The molecule has 0 amide bonds. The molecule has 0 aliphatic heterocycles. The monoisotopic (exact) mass is 326 g/mol. The Morgan fingerprint density at radius 2 is 2.04 bits per heavy atom. The standard InChI is InChI=1S/C18H15FN2O3/c1-3-15(22)24-18-12-5-4-11(19)9-13(12)21-16(18)17(23)14-8-10(2)6-7-20-14/h4-9,21H,3H2,1-2H3. The van der Waals surface area contributed by atoms with E-state index in [-0.39, 0.29) is 23.6 Å². The van der Waals surface area contributed by atoms with Crippen LogP contribution in [-0.4, -0.2) is 21.7 Å². The van der Waals surface area contributed by atoms with Crippen molar-refractivity contribution >= 4 is 22.7 Å². The summed E-state index contributed by atoms with van der Waals surface area (Å²) in [5, 5.41) is 0.467. The fourth-order valence-electron chi connectivity index (χ4n) is 2.38. The number of esters is 1. The number of rotatable bonds is 4. The molecule has 24 heavy (non-hydrogen) atoms. The number of nitrogens with one attached hydrogen (secondary N) is 1. The first kappa shape index (κ1) is 15.9. The van der Waals surface area contributed by atoms with E-state index in [1.54, 1.807) is 19.1 Å². The SMILES string of the molecule is CCC(=O)Oc1c(C(=O)c2cc(C)ccn2)[nH]c2cc(F)ccc12. The van der Waals surface area contributed by atoms with Crippen LogP contribution in [0.5, 0.6) is 5.75 Å². The number of carbonyl (C=O) groups is 2. The van der Waals surface area contributed by atoms with E-state index in [9.17, 15) is 14.0 Å². The highest BCUT2D eigenvalue weighted by atomic mass is 19.1. The second-order valence-electron chi connectivity index (χ2n) is 5.39. The third kappa shape index (κ3) is 2.90. The number of ether oxygens (including phenoxy) is 1. The average molecular weight is 326 g/mol. The van der Waals surface area contributed by atoms with Gasteiger partial charge in [0.2, 0.25) is 5.78 Å². The van der Waals surface area contributed by atoms with Crippen molar-refractivity contribution in [1.29, 1.82) is 0 Å². The van der Waals surface area contributed by atoms with E-state index >= 15 is 0 Å². The second-order valence-corrected chi connectivity index (χ2v) is 5.39. The van der Waals surface area contributed by atoms with Gasteiger partial charge in [0, 0.05) is 18.0 Å². The molecule has 0 bridgehead atoms. The number of fused-ring (bicyclic) bond motifs is 1. The molecule has 3 aromatic rings. The zero-order chi connectivity index (χ0) is 17.3. The van der Waals surface area contributed by atoms with Gasteiger partial charge in [-0.2, -0.15) is 0 Å². The minimum absolute atomic E-state index is 0.0792. The van der Waals surface area contributed by atoms with Crippen LogP contribution in [0, 0.1) is 12.7 Å². The van der Waals surface area contributed by atoms with Gasteiger partial charge in [-0.1, -0.05) is 6.92 Å². The number of benzene rings is 1. The van der Waals surface area contributed by atoms with Gasteiger partial charge >= 0.3 is 5.97 Å². The molecule has 0 aliphatic rings. The molecule has 2 heterocycles. The minimum atomic E-state index is -0.480.